The van der Waals surface area contributed by atoms with Crippen LogP contribution in [0, 0.1) is 0 Å². The van der Waals surface area contributed by atoms with Gasteiger partial charge in [0, 0.05) is 17.3 Å². The Morgan fingerprint density at radius 1 is 1.33 bits per heavy atom. The second-order valence-electron chi connectivity index (χ2n) is 4.44. The van der Waals surface area contributed by atoms with Crippen molar-refractivity contribution < 1.29 is 0 Å². The largest absolute Gasteiger partial charge is 0.306 e. The molecule has 0 N–H and O–H groups in total. The van der Waals surface area contributed by atoms with Gasteiger partial charge in [-0.25, -0.2) is 0 Å². The molecular formula is C12H14N2S. The number of aromatic nitrogens is 1. The van der Waals surface area contributed by atoms with Crippen LogP contribution in [0.15, 0.2) is 24.3 Å². The van der Waals surface area contributed by atoms with Crippen LogP contribution in [0.1, 0.15) is 18.0 Å². The average molecular weight is 218 g/mol. The Kier molecular flexibility index (Phi) is 2.04. The van der Waals surface area contributed by atoms with Gasteiger partial charge in [-0.3, -0.25) is 0 Å². The van der Waals surface area contributed by atoms with Gasteiger partial charge >= 0.3 is 0 Å². The van der Waals surface area contributed by atoms with E-state index in [1.807, 2.05) is 0 Å². The third-order valence-electron chi connectivity index (χ3n) is 3.18. The number of nitrogens with zero attached hydrogens (tertiary/aromatic N) is 2. The lowest BCUT2D eigenvalue weighted by molar-refractivity contribution is 0.391. The smallest absolute Gasteiger partial charge is 0.0667 e. The van der Waals surface area contributed by atoms with Crippen LogP contribution in [0.3, 0.4) is 0 Å². The maximum absolute atomic E-state index is 4.60. The summed E-state index contributed by atoms with van der Waals surface area (Å²) in [6, 6.07) is 9.24. The van der Waals surface area contributed by atoms with Crippen LogP contribution in [0.2, 0.25) is 0 Å². The quantitative estimate of drug-likeness (QED) is 0.770. The maximum Gasteiger partial charge on any atom is 0.0667 e. The lowest BCUT2D eigenvalue weighted by Crippen LogP contribution is -2.15. The molecule has 1 saturated carbocycles. The molecule has 78 valence electrons. The Bertz CT molecular complexity index is 489. The molecule has 2 atom stereocenters. The molecule has 3 heteroatoms. The highest BCUT2D eigenvalue weighted by molar-refractivity contribution is 7.13. The molecule has 1 heterocycles. The summed E-state index contributed by atoms with van der Waals surface area (Å²) in [5, 5.41) is 1.36. The minimum Gasteiger partial charge on any atom is -0.306 e. The fourth-order valence-corrected chi connectivity index (χ4v) is 3.06. The van der Waals surface area contributed by atoms with Gasteiger partial charge in [0.25, 0.3) is 0 Å². The summed E-state index contributed by atoms with van der Waals surface area (Å²) in [6.07, 6.45) is 1.26. The van der Waals surface area contributed by atoms with E-state index in [0.29, 0.717) is 12.0 Å². The summed E-state index contributed by atoms with van der Waals surface area (Å²) >= 11 is 1.63. The van der Waals surface area contributed by atoms with E-state index in [-0.39, 0.29) is 0 Å². The van der Waals surface area contributed by atoms with E-state index in [1.165, 1.54) is 22.2 Å². The Morgan fingerprint density at radius 2 is 2.13 bits per heavy atom. The maximum atomic E-state index is 4.60. The first-order valence-corrected chi connectivity index (χ1v) is 6.05. The molecule has 2 aromatic rings. The number of benzene rings is 1. The van der Waals surface area contributed by atoms with Gasteiger partial charge in [0.15, 0.2) is 0 Å². The highest BCUT2D eigenvalue weighted by Crippen LogP contribution is 2.46. The van der Waals surface area contributed by atoms with E-state index >= 15 is 0 Å². The molecule has 0 saturated heterocycles. The van der Waals surface area contributed by atoms with Gasteiger partial charge in [0.2, 0.25) is 0 Å². The highest BCUT2D eigenvalue weighted by atomic mass is 32.1. The van der Waals surface area contributed by atoms with Crippen LogP contribution < -0.4 is 0 Å². The zero-order valence-electron chi connectivity index (χ0n) is 8.97. The predicted octanol–water partition coefficient (Wildman–Crippen LogP) is 2.71. The van der Waals surface area contributed by atoms with Crippen molar-refractivity contribution in [2.24, 2.45) is 0 Å². The molecule has 0 spiro atoms. The zero-order chi connectivity index (χ0) is 10.4. The SMILES string of the molecule is CN(C)C1CC1c1nsc2ccccc12. The van der Waals surface area contributed by atoms with E-state index in [1.54, 1.807) is 11.5 Å². The number of hydrogen-bond acceptors (Lipinski definition) is 3. The van der Waals surface area contributed by atoms with Gasteiger partial charge in [-0.15, -0.1) is 0 Å². The van der Waals surface area contributed by atoms with Gasteiger partial charge < -0.3 is 4.90 Å². The average Bonchev–Trinajstić information content (AvgIpc) is 2.92. The lowest BCUT2D eigenvalue weighted by Gasteiger charge is -2.07. The molecule has 1 aromatic carbocycles. The van der Waals surface area contributed by atoms with Crippen LogP contribution in [0.4, 0.5) is 0 Å². The zero-order valence-corrected chi connectivity index (χ0v) is 9.79. The Balaban J connectivity index is 2.00. The predicted molar refractivity (Wildman–Crippen MR) is 64.5 cm³/mol. The lowest BCUT2D eigenvalue weighted by atomic mass is 10.1. The normalized spacial score (nSPS) is 25.0. The number of rotatable bonds is 2. The molecule has 0 amide bonds. The van der Waals surface area contributed by atoms with Crippen LogP contribution >= 0.6 is 11.5 Å². The summed E-state index contributed by atoms with van der Waals surface area (Å²) in [5.74, 6) is 0.663. The second-order valence-corrected chi connectivity index (χ2v) is 5.24. The van der Waals surface area contributed by atoms with Crippen LogP contribution in [-0.2, 0) is 0 Å². The van der Waals surface area contributed by atoms with E-state index in [4.69, 9.17) is 0 Å². The van der Waals surface area contributed by atoms with Crippen molar-refractivity contribution in [1.29, 1.82) is 0 Å². The molecule has 1 aliphatic carbocycles. The molecule has 1 aliphatic rings. The summed E-state index contributed by atoms with van der Waals surface area (Å²) in [5.41, 5.74) is 1.31. The Morgan fingerprint density at radius 3 is 2.87 bits per heavy atom. The van der Waals surface area contributed by atoms with Crippen molar-refractivity contribution in [3.8, 4) is 0 Å². The van der Waals surface area contributed by atoms with Crippen molar-refractivity contribution in [2.45, 2.75) is 18.4 Å². The van der Waals surface area contributed by atoms with E-state index in [9.17, 15) is 0 Å². The summed E-state index contributed by atoms with van der Waals surface area (Å²) in [7, 11) is 4.30. The van der Waals surface area contributed by atoms with Crippen molar-refractivity contribution in [3.63, 3.8) is 0 Å². The van der Waals surface area contributed by atoms with E-state index < -0.39 is 0 Å². The van der Waals surface area contributed by atoms with Gasteiger partial charge in [-0.05, 0) is 38.1 Å². The topological polar surface area (TPSA) is 16.1 Å². The number of likely N-dealkylation sites (N-methyl/N-ethyl adjacent to an activating group) is 1. The first kappa shape index (κ1) is 9.31. The van der Waals surface area contributed by atoms with Crippen LogP contribution in [-0.4, -0.2) is 29.4 Å². The summed E-state index contributed by atoms with van der Waals surface area (Å²) in [6.45, 7) is 0. The van der Waals surface area contributed by atoms with Crippen molar-refractivity contribution in [3.05, 3.63) is 30.0 Å². The first-order chi connectivity index (χ1) is 7.27. The Hall–Kier alpha value is -0.930. The minimum atomic E-state index is 0.663. The fourth-order valence-electron chi connectivity index (χ4n) is 2.22. The molecule has 1 aromatic heterocycles. The summed E-state index contributed by atoms with van der Waals surface area (Å²) in [4.78, 5) is 2.30. The molecule has 15 heavy (non-hydrogen) atoms. The molecule has 0 aliphatic heterocycles. The monoisotopic (exact) mass is 218 g/mol. The van der Waals surface area contributed by atoms with Crippen LogP contribution in [0.5, 0.6) is 0 Å². The number of fused-ring (bicyclic) bond motifs is 1. The summed E-state index contributed by atoms with van der Waals surface area (Å²) < 4.78 is 5.92. The van der Waals surface area contributed by atoms with Gasteiger partial charge in [0.05, 0.1) is 10.4 Å². The number of hydrogen-bond donors (Lipinski definition) is 0. The third kappa shape index (κ3) is 1.46. The molecule has 3 rings (SSSR count). The molecule has 2 nitrogen and oxygen atoms in total. The molecule has 2 unspecified atom stereocenters. The van der Waals surface area contributed by atoms with E-state index in [0.717, 1.165) is 0 Å². The molecule has 0 radical (unpaired) electrons. The second kappa shape index (κ2) is 3.29. The first-order valence-electron chi connectivity index (χ1n) is 5.28. The van der Waals surface area contributed by atoms with Crippen molar-refractivity contribution in [2.75, 3.05) is 14.1 Å². The minimum absolute atomic E-state index is 0.663. The fraction of sp³-hybridized carbons (Fsp3) is 0.417. The van der Waals surface area contributed by atoms with Crippen molar-refractivity contribution in [1.82, 2.24) is 9.27 Å². The highest BCUT2D eigenvalue weighted by Gasteiger charge is 2.42. The molecule has 1 fully saturated rings. The van der Waals surface area contributed by atoms with Crippen LogP contribution in [0.25, 0.3) is 10.1 Å². The molecular weight excluding hydrogens is 204 g/mol. The van der Waals surface area contributed by atoms with Gasteiger partial charge in [-0.1, -0.05) is 18.2 Å². The van der Waals surface area contributed by atoms with Gasteiger partial charge in [0.1, 0.15) is 0 Å². The third-order valence-corrected chi connectivity index (χ3v) is 4.02. The standard InChI is InChI=1S/C12H14N2S/c1-14(2)10-7-9(10)12-8-5-3-4-6-11(8)15-13-12/h3-6,9-10H,7H2,1-2H3. The Labute approximate surface area is 93.7 Å². The van der Waals surface area contributed by atoms with E-state index in [2.05, 4.69) is 47.6 Å². The van der Waals surface area contributed by atoms with Gasteiger partial charge in [-0.2, -0.15) is 4.37 Å². The van der Waals surface area contributed by atoms with Crippen molar-refractivity contribution >= 4 is 21.6 Å². The molecule has 0 bridgehead atoms.